The van der Waals surface area contributed by atoms with E-state index >= 15 is 0 Å². The summed E-state index contributed by atoms with van der Waals surface area (Å²) in [6.07, 6.45) is 0. The maximum atomic E-state index is 2.55. The number of hydrogen-bond donors (Lipinski definition) is 0. The van der Waals surface area contributed by atoms with Crippen molar-refractivity contribution in [3.05, 3.63) is 246 Å². The normalized spacial score (nSPS) is 13.3. The predicted molar refractivity (Wildman–Crippen MR) is 271 cm³/mol. The molecule has 1 spiro atoms. The fraction of sp³-hybridized carbons (Fsp3) is 0.143. The van der Waals surface area contributed by atoms with Crippen LogP contribution in [-0.4, -0.2) is 0 Å². The lowest BCUT2D eigenvalue weighted by Gasteiger charge is -2.35. The lowest BCUT2D eigenvalue weighted by Crippen LogP contribution is -2.28. The highest BCUT2D eigenvalue weighted by atomic mass is 15.1. The van der Waals surface area contributed by atoms with Crippen molar-refractivity contribution in [3.8, 4) is 55.6 Å². The molecule has 0 atom stereocenters. The maximum Gasteiger partial charge on any atom is 0.0731 e. The van der Waals surface area contributed by atoms with E-state index in [4.69, 9.17) is 0 Å². The van der Waals surface area contributed by atoms with Crippen LogP contribution in [0.2, 0.25) is 0 Å². The van der Waals surface area contributed by atoms with Crippen molar-refractivity contribution < 1.29 is 0 Å². The molecule has 9 aromatic carbocycles. The highest BCUT2D eigenvalue weighted by Crippen LogP contribution is 2.65. The number of hydrogen-bond acceptors (Lipinski definition) is 1. The second kappa shape index (κ2) is 15.0. The van der Waals surface area contributed by atoms with Gasteiger partial charge in [0.1, 0.15) is 0 Å². The number of anilines is 3. The van der Waals surface area contributed by atoms with Gasteiger partial charge in [-0.1, -0.05) is 224 Å². The minimum absolute atomic E-state index is 0.0283. The van der Waals surface area contributed by atoms with Crippen LogP contribution in [0.1, 0.15) is 74.9 Å². The van der Waals surface area contributed by atoms with Gasteiger partial charge in [0.15, 0.2) is 0 Å². The molecule has 0 heterocycles. The quantitative estimate of drug-likeness (QED) is 0.161. The van der Waals surface area contributed by atoms with Gasteiger partial charge < -0.3 is 4.90 Å². The Morgan fingerprint density at radius 2 is 0.766 bits per heavy atom. The molecule has 0 N–H and O–H groups in total. The lowest BCUT2D eigenvalue weighted by molar-refractivity contribution is 0.586. The van der Waals surface area contributed by atoms with E-state index in [1.54, 1.807) is 0 Å². The van der Waals surface area contributed by atoms with Crippen molar-refractivity contribution in [1.82, 2.24) is 0 Å². The first-order valence-corrected chi connectivity index (χ1v) is 22.8. The zero-order valence-corrected chi connectivity index (χ0v) is 37.7. The van der Waals surface area contributed by atoms with Gasteiger partial charge in [-0.2, -0.15) is 0 Å². The van der Waals surface area contributed by atoms with E-state index in [1.807, 2.05) is 0 Å². The summed E-state index contributed by atoms with van der Waals surface area (Å²) in [6.45, 7) is 14.0. The monoisotopic (exact) mass is 823 g/mol. The smallest absolute Gasteiger partial charge is 0.0731 e. The molecule has 11 rings (SSSR count). The summed E-state index contributed by atoms with van der Waals surface area (Å²) < 4.78 is 0. The zero-order valence-electron chi connectivity index (χ0n) is 37.7. The SMILES string of the molecule is CC(C)(C)c1ccc2c(c1)C1(c3cc(C(C)(C)C)ccc3-2)c2ccccc2-c2cccc(-c3ccccc3N(c3ccc(-c4ccccc4)cc3)c3cccc(-c4ccccc4)c3)c21. The Morgan fingerprint density at radius 1 is 0.312 bits per heavy atom. The van der Waals surface area contributed by atoms with E-state index in [9.17, 15) is 0 Å². The van der Waals surface area contributed by atoms with Gasteiger partial charge in [-0.25, -0.2) is 0 Å². The highest BCUT2D eigenvalue weighted by Gasteiger charge is 2.53. The summed E-state index contributed by atoms with van der Waals surface area (Å²) in [7, 11) is 0. The van der Waals surface area contributed by atoms with Crippen molar-refractivity contribution in [2.24, 2.45) is 0 Å². The molecule has 0 fully saturated rings. The maximum absolute atomic E-state index is 2.55. The van der Waals surface area contributed by atoms with Gasteiger partial charge in [-0.15, -0.1) is 0 Å². The van der Waals surface area contributed by atoms with Crippen molar-refractivity contribution in [2.45, 2.75) is 57.8 Å². The third kappa shape index (κ3) is 6.28. The van der Waals surface area contributed by atoms with E-state index in [2.05, 4.69) is 259 Å². The largest absolute Gasteiger partial charge is 0.310 e. The van der Waals surface area contributed by atoms with E-state index in [0.29, 0.717) is 0 Å². The number of rotatable bonds is 6. The van der Waals surface area contributed by atoms with Gasteiger partial charge in [0, 0.05) is 16.9 Å². The summed E-state index contributed by atoms with van der Waals surface area (Å²) in [6, 6.07) is 79.5. The molecule has 1 heteroatoms. The van der Waals surface area contributed by atoms with Gasteiger partial charge in [0.2, 0.25) is 0 Å². The van der Waals surface area contributed by atoms with Crippen LogP contribution in [0.15, 0.2) is 212 Å². The van der Waals surface area contributed by atoms with Crippen LogP contribution >= 0.6 is 0 Å². The second-order valence-corrected chi connectivity index (χ2v) is 19.7. The molecule has 2 aliphatic rings. The molecule has 0 saturated carbocycles. The van der Waals surface area contributed by atoms with Crippen LogP contribution in [0.3, 0.4) is 0 Å². The van der Waals surface area contributed by atoms with Gasteiger partial charge in [0.25, 0.3) is 0 Å². The zero-order chi connectivity index (χ0) is 43.8. The molecule has 1 nitrogen and oxygen atoms in total. The van der Waals surface area contributed by atoms with Crippen molar-refractivity contribution >= 4 is 17.1 Å². The first-order chi connectivity index (χ1) is 31.0. The molecule has 0 bridgehead atoms. The lowest BCUT2D eigenvalue weighted by atomic mass is 9.67. The standard InChI is InChI=1S/C63H53N/c1-61(2,3)46-33-37-51-52-38-34-47(62(4,5)6)41-58(52)63(57(51)40-46)56-29-15-13-25-50(56)54-27-18-28-55(60(54)63)53-26-14-16-30-59(53)64(48-35-31-44(32-36-48)42-19-9-7-10-20-42)49-24-17-23-45(39-49)43-21-11-8-12-22-43/h7-41H,1-6H3. The summed E-state index contributed by atoms with van der Waals surface area (Å²) in [5.41, 5.74) is 23.4. The topological polar surface area (TPSA) is 3.24 Å². The molecule has 310 valence electrons. The molecule has 0 radical (unpaired) electrons. The molecule has 2 aliphatic carbocycles. The van der Waals surface area contributed by atoms with Crippen molar-refractivity contribution in [1.29, 1.82) is 0 Å². The van der Waals surface area contributed by atoms with Crippen molar-refractivity contribution in [3.63, 3.8) is 0 Å². The molecule has 0 aliphatic heterocycles. The molecule has 0 unspecified atom stereocenters. The Balaban J connectivity index is 1.20. The van der Waals surface area contributed by atoms with E-state index in [1.165, 1.54) is 89.0 Å². The molecule has 9 aromatic rings. The Bertz CT molecular complexity index is 3150. The fourth-order valence-electron chi connectivity index (χ4n) is 10.6. The van der Waals surface area contributed by atoms with Gasteiger partial charge in [-0.05, 0) is 125 Å². The van der Waals surface area contributed by atoms with Crippen LogP contribution in [0.5, 0.6) is 0 Å². The Kier molecular flexibility index (Phi) is 9.26. The first-order valence-electron chi connectivity index (χ1n) is 22.8. The minimum atomic E-state index is -0.543. The van der Waals surface area contributed by atoms with Crippen molar-refractivity contribution in [2.75, 3.05) is 4.90 Å². The van der Waals surface area contributed by atoms with Crippen LogP contribution in [0.4, 0.5) is 17.1 Å². The highest BCUT2D eigenvalue weighted by molar-refractivity contribution is 6.01. The van der Waals surface area contributed by atoms with Gasteiger partial charge in [0.05, 0.1) is 11.1 Å². The van der Waals surface area contributed by atoms with E-state index < -0.39 is 5.41 Å². The Hall–Kier alpha value is -7.22. The molecular weight excluding hydrogens is 771 g/mol. The second-order valence-electron chi connectivity index (χ2n) is 19.7. The summed E-state index contributed by atoms with van der Waals surface area (Å²) in [4.78, 5) is 2.47. The predicted octanol–water partition coefficient (Wildman–Crippen LogP) is 17.1. The third-order valence-corrected chi connectivity index (χ3v) is 13.8. The summed E-state index contributed by atoms with van der Waals surface area (Å²) >= 11 is 0. The van der Waals surface area contributed by atoms with E-state index in [0.717, 1.165) is 17.1 Å². The average Bonchev–Trinajstić information content (AvgIpc) is 3.79. The van der Waals surface area contributed by atoms with Crippen LogP contribution in [0, 0.1) is 0 Å². The first kappa shape index (κ1) is 39.6. The van der Waals surface area contributed by atoms with Crippen LogP contribution in [0.25, 0.3) is 55.6 Å². The minimum Gasteiger partial charge on any atom is -0.310 e. The van der Waals surface area contributed by atoms with E-state index in [-0.39, 0.29) is 10.8 Å². The molecule has 0 aromatic heterocycles. The molecular formula is C63H53N. The molecule has 64 heavy (non-hydrogen) atoms. The van der Waals surface area contributed by atoms with Gasteiger partial charge >= 0.3 is 0 Å². The van der Waals surface area contributed by atoms with Crippen LogP contribution in [-0.2, 0) is 16.2 Å². The number of fused-ring (bicyclic) bond motifs is 10. The van der Waals surface area contributed by atoms with Crippen LogP contribution < -0.4 is 4.90 Å². The summed E-state index contributed by atoms with van der Waals surface area (Å²) in [5, 5.41) is 0. The molecule has 0 amide bonds. The summed E-state index contributed by atoms with van der Waals surface area (Å²) in [5.74, 6) is 0. The Morgan fingerprint density at radius 3 is 1.38 bits per heavy atom. The Labute approximate surface area is 379 Å². The number of nitrogens with zero attached hydrogens (tertiary/aromatic N) is 1. The molecule has 0 saturated heterocycles. The number of para-hydroxylation sites is 1. The van der Waals surface area contributed by atoms with Gasteiger partial charge in [-0.3, -0.25) is 0 Å². The average molecular weight is 824 g/mol. The number of benzene rings is 9. The fourth-order valence-corrected chi connectivity index (χ4v) is 10.6. The third-order valence-electron chi connectivity index (χ3n) is 13.8.